The molecule has 10 heteroatoms. The Morgan fingerprint density at radius 2 is 1.50 bits per heavy atom. The highest BCUT2D eigenvalue weighted by molar-refractivity contribution is 5.82. The van der Waals surface area contributed by atoms with Crippen LogP contribution in [0.1, 0.15) is 0 Å². The first kappa shape index (κ1) is 15.3. The fraction of sp³-hybridized carbons (Fsp3) is 0. The Bertz CT molecular complexity index is 1040. The third kappa shape index (κ3) is 2.84. The van der Waals surface area contributed by atoms with Crippen LogP contribution in [0.3, 0.4) is 0 Å². The van der Waals surface area contributed by atoms with Gasteiger partial charge in [-0.1, -0.05) is 0 Å². The van der Waals surface area contributed by atoms with E-state index in [1.807, 2.05) is 0 Å². The van der Waals surface area contributed by atoms with E-state index in [-0.39, 0.29) is 17.0 Å². The lowest BCUT2D eigenvalue weighted by molar-refractivity contribution is -0.384. The van der Waals surface area contributed by atoms with Crippen LogP contribution >= 0.6 is 0 Å². The maximum absolute atomic E-state index is 13.1. The molecule has 0 saturated carbocycles. The number of halogens is 2. The smallest absolute Gasteiger partial charge is 0.273 e. The molecule has 0 spiro atoms. The Morgan fingerprint density at radius 3 is 2.08 bits per heavy atom. The van der Waals surface area contributed by atoms with Crippen LogP contribution in [0.2, 0.25) is 0 Å². The standard InChI is InChI=1S/C7H4FN3O2.C7H6FN3/c8-6-2-5(11(12)13)1-4-3-9-10-7(4)6;8-6-2-5(9)1-4-3-10-11-7(4)6/h1-3H,(H,9,10);1-3H,9H2,(H,10,11). The largest absolute Gasteiger partial charge is 0.399 e. The lowest BCUT2D eigenvalue weighted by Gasteiger charge is -1.93. The number of aromatic amines is 2. The number of hydrogen-bond donors (Lipinski definition) is 3. The molecule has 2 aromatic heterocycles. The van der Waals surface area contributed by atoms with Gasteiger partial charge >= 0.3 is 0 Å². The zero-order valence-electron chi connectivity index (χ0n) is 12.0. The topological polar surface area (TPSA) is 127 Å². The number of nitro benzene ring substituents is 1. The number of anilines is 1. The van der Waals surface area contributed by atoms with E-state index in [1.54, 1.807) is 6.07 Å². The third-order valence-electron chi connectivity index (χ3n) is 3.22. The number of hydrogen-bond acceptors (Lipinski definition) is 5. The summed E-state index contributed by atoms with van der Waals surface area (Å²) in [5.74, 6) is -1.03. The molecule has 2 aromatic carbocycles. The molecule has 0 amide bonds. The second-order valence-electron chi connectivity index (χ2n) is 4.86. The number of aromatic nitrogens is 4. The van der Waals surface area contributed by atoms with Crippen LogP contribution in [0.25, 0.3) is 21.8 Å². The van der Waals surface area contributed by atoms with Crippen molar-refractivity contribution in [3.05, 3.63) is 58.4 Å². The average Bonchev–Trinajstić information content (AvgIpc) is 3.16. The minimum Gasteiger partial charge on any atom is -0.399 e. The SMILES string of the molecule is Nc1cc(F)c2[nH]ncc2c1.O=[N+]([O-])c1cc(F)c2[nH]ncc2c1. The van der Waals surface area contributed by atoms with E-state index in [2.05, 4.69) is 20.4 Å². The molecule has 2 heterocycles. The van der Waals surface area contributed by atoms with Crippen molar-refractivity contribution in [2.45, 2.75) is 0 Å². The number of nitrogens with zero attached hydrogens (tertiary/aromatic N) is 3. The predicted octanol–water partition coefficient (Wildman–Crippen LogP) is 2.89. The molecule has 0 saturated heterocycles. The molecule has 8 nitrogen and oxygen atoms in total. The number of nitrogens with one attached hydrogen (secondary N) is 2. The maximum Gasteiger partial charge on any atom is 0.273 e. The van der Waals surface area contributed by atoms with Crippen molar-refractivity contribution in [2.24, 2.45) is 0 Å². The monoisotopic (exact) mass is 332 g/mol. The van der Waals surface area contributed by atoms with Crippen molar-refractivity contribution in [3.8, 4) is 0 Å². The van der Waals surface area contributed by atoms with Gasteiger partial charge in [0.15, 0.2) is 11.6 Å². The van der Waals surface area contributed by atoms with E-state index in [4.69, 9.17) is 5.73 Å². The molecule has 0 unspecified atom stereocenters. The molecule has 0 atom stereocenters. The Labute approximate surface area is 132 Å². The van der Waals surface area contributed by atoms with Gasteiger partial charge in [0, 0.05) is 22.5 Å². The van der Waals surface area contributed by atoms with E-state index >= 15 is 0 Å². The normalized spacial score (nSPS) is 10.6. The van der Waals surface area contributed by atoms with E-state index in [1.165, 1.54) is 24.5 Å². The highest BCUT2D eigenvalue weighted by Gasteiger charge is 2.12. The van der Waals surface area contributed by atoms with Crippen molar-refractivity contribution < 1.29 is 13.7 Å². The molecule has 24 heavy (non-hydrogen) atoms. The lowest BCUT2D eigenvalue weighted by atomic mass is 10.2. The molecule has 4 N–H and O–H groups in total. The summed E-state index contributed by atoms with van der Waals surface area (Å²) in [7, 11) is 0. The predicted molar refractivity (Wildman–Crippen MR) is 83.2 cm³/mol. The highest BCUT2D eigenvalue weighted by atomic mass is 19.1. The molecule has 4 aromatic rings. The van der Waals surface area contributed by atoms with Gasteiger partial charge in [-0.05, 0) is 12.1 Å². The minimum atomic E-state index is -0.665. The number of non-ortho nitro benzene ring substituents is 1. The van der Waals surface area contributed by atoms with Crippen LogP contribution < -0.4 is 5.73 Å². The van der Waals surface area contributed by atoms with Gasteiger partial charge in [0.1, 0.15) is 11.0 Å². The average molecular weight is 332 g/mol. The molecule has 0 bridgehead atoms. The first-order valence-electron chi connectivity index (χ1n) is 6.61. The zero-order chi connectivity index (χ0) is 17.3. The number of H-pyrrole nitrogens is 2. The first-order valence-corrected chi connectivity index (χ1v) is 6.61. The second kappa shape index (κ2) is 5.91. The maximum atomic E-state index is 13.1. The number of fused-ring (bicyclic) bond motifs is 2. The van der Waals surface area contributed by atoms with Gasteiger partial charge in [0.2, 0.25) is 0 Å². The molecular formula is C14H10F2N6O2. The summed E-state index contributed by atoms with van der Waals surface area (Å²) >= 11 is 0. The van der Waals surface area contributed by atoms with Gasteiger partial charge in [-0.15, -0.1) is 0 Å². The van der Waals surface area contributed by atoms with Crippen molar-refractivity contribution in [2.75, 3.05) is 5.73 Å². The molecule has 0 fully saturated rings. The minimum absolute atomic E-state index is 0.186. The van der Waals surface area contributed by atoms with Gasteiger partial charge in [-0.3, -0.25) is 20.3 Å². The third-order valence-corrected chi connectivity index (χ3v) is 3.22. The van der Waals surface area contributed by atoms with E-state index < -0.39 is 10.7 Å². The van der Waals surface area contributed by atoms with Crippen LogP contribution in [0, 0.1) is 21.7 Å². The highest BCUT2D eigenvalue weighted by Crippen LogP contribution is 2.22. The van der Waals surface area contributed by atoms with Gasteiger partial charge in [0.05, 0.1) is 23.4 Å². The quantitative estimate of drug-likeness (QED) is 0.281. The van der Waals surface area contributed by atoms with Crippen molar-refractivity contribution in [1.29, 1.82) is 0 Å². The Balaban J connectivity index is 0.000000143. The van der Waals surface area contributed by atoms with E-state index in [0.717, 1.165) is 6.07 Å². The Hall–Kier alpha value is -3.56. The summed E-state index contributed by atoms with van der Waals surface area (Å²) in [6.45, 7) is 0. The van der Waals surface area contributed by atoms with Crippen LogP contribution in [0.15, 0.2) is 36.7 Å². The number of rotatable bonds is 1. The molecule has 122 valence electrons. The van der Waals surface area contributed by atoms with E-state index in [9.17, 15) is 18.9 Å². The van der Waals surface area contributed by atoms with Crippen LogP contribution in [0.5, 0.6) is 0 Å². The Kier molecular flexibility index (Phi) is 3.78. The van der Waals surface area contributed by atoms with Crippen molar-refractivity contribution in [3.63, 3.8) is 0 Å². The molecule has 4 rings (SSSR count). The van der Waals surface area contributed by atoms with Crippen LogP contribution in [0.4, 0.5) is 20.2 Å². The molecule has 0 radical (unpaired) electrons. The zero-order valence-corrected chi connectivity index (χ0v) is 12.0. The first-order chi connectivity index (χ1) is 11.5. The number of nitrogen functional groups attached to an aromatic ring is 1. The summed E-state index contributed by atoms with van der Waals surface area (Å²) in [4.78, 5) is 9.68. The molecule has 0 aliphatic carbocycles. The number of nitrogens with two attached hydrogens (primary N) is 1. The van der Waals surface area contributed by atoms with Crippen molar-refractivity contribution >= 4 is 33.2 Å². The van der Waals surface area contributed by atoms with Crippen LogP contribution in [-0.4, -0.2) is 25.3 Å². The van der Waals surface area contributed by atoms with Crippen molar-refractivity contribution in [1.82, 2.24) is 20.4 Å². The summed E-state index contributed by atoms with van der Waals surface area (Å²) in [5, 5.41) is 23.6. The van der Waals surface area contributed by atoms with Gasteiger partial charge in [-0.2, -0.15) is 10.2 Å². The fourth-order valence-electron chi connectivity index (χ4n) is 2.14. The molecular weight excluding hydrogens is 322 g/mol. The van der Waals surface area contributed by atoms with Gasteiger partial charge in [0.25, 0.3) is 5.69 Å². The second-order valence-corrected chi connectivity index (χ2v) is 4.86. The molecule has 0 aliphatic heterocycles. The van der Waals surface area contributed by atoms with E-state index in [0.29, 0.717) is 22.0 Å². The summed E-state index contributed by atoms with van der Waals surface area (Å²) < 4.78 is 26.0. The summed E-state index contributed by atoms with van der Waals surface area (Å²) in [6.07, 6.45) is 2.88. The lowest BCUT2D eigenvalue weighted by Crippen LogP contribution is -1.89. The Morgan fingerprint density at radius 1 is 0.958 bits per heavy atom. The van der Waals surface area contributed by atoms with Gasteiger partial charge in [-0.25, -0.2) is 8.78 Å². The number of benzene rings is 2. The number of nitro groups is 1. The fourth-order valence-corrected chi connectivity index (χ4v) is 2.14. The van der Waals surface area contributed by atoms with Crippen LogP contribution in [-0.2, 0) is 0 Å². The summed E-state index contributed by atoms with van der Waals surface area (Å²) in [6, 6.07) is 5.06. The van der Waals surface area contributed by atoms with Gasteiger partial charge < -0.3 is 5.73 Å². The molecule has 0 aliphatic rings. The summed E-state index contributed by atoms with van der Waals surface area (Å²) in [5.41, 5.74) is 6.13.